The van der Waals surface area contributed by atoms with Gasteiger partial charge in [0, 0.05) is 13.0 Å². The Kier molecular flexibility index (Phi) is 2.27. The molecule has 0 atom stereocenters. The minimum Gasteiger partial charge on any atom is -0.492 e. The summed E-state index contributed by atoms with van der Waals surface area (Å²) in [6.07, 6.45) is 0. The Hall–Kier alpha value is -1.17. The van der Waals surface area contributed by atoms with Gasteiger partial charge in [0.25, 0.3) is 0 Å². The van der Waals surface area contributed by atoms with Gasteiger partial charge < -0.3 is 15.1 Å². The zero-order chi connectivity index (χ0) is 9.30. The van der Waals surface area contributed by atoms with Crippen molar-refractivity contribution in [1.29, 1.82) is 0 Å². The second-order valence-corrected chi connectivity index (χ2v) is 2.91. The first kappa shape index (κ1) is 8.92. The topological polar surface area (TPSA) is 71.7 Å². The van der Waals surface area contributed by atoms with Crippen molar-refractivity contribution in [2.24, 2.45) is 0 Å². The van der Waals surface area contributed by atoms with E-state index in [1.165, 1.54) is 6.07 Å². The third kappa shape index (κ3) is 1.53. The van der Waals surface area contributed by atoms with Crippen molar-refractivity contribution >= 4 is 21.9 Å². The Bertz CT molecular complexity index is 320. The van der Waals surface area contributed by atoms with E-state index in [4.69, 9.17) is 10.2 Å². The van der Waals surface area contributed by atoms with Crippen LogP contribution in [0.15, 0.2) is 10.5 Å². The largest absolute Gasteiger partial charge is 0.492 e. The standard InChI is InChI=1S/C6H6BrNO4/c1-3(9)12-8-5(10)2-4(7)6(8)11/h2,10-11H,1H3. The highest BCUT2D eigenvalue weighted by Gasteiger charge is 2.13. The number of aromatic nitrogens is 1. The number of hydrogen-bond donors (Lipinski definition) is 2. The Morgan fingerprint density at radius 3 is 2.58 bits per heavy atom. The summed E-state index contributed by atoms with van der Waals surface area (Å²) < 4.78 is 0.869. The first-order valence-corrected chi connectivity index (χ1v) is 3.79. The van der Waals surface area contributed by atoms with Crippen molar-refractivity contribution in [3.8, 4) is 11.8 Å². The van der Waals surface area contributed by atoms with Gasteiger partial charge in [-0.15, -0.1) is 4.73 Å². The van der Waals surface area contributed by atoms with Crippen molar-refractivity contribution in [2.75, 3.05) is 0 Å². The van der Waals surface area contributed by atoms with Crippen LogP contribution in [0.5, 0.6) is 11.8 Å². The van der Waals surface area contributed by atoms with Crippen LogP contribution in [0.25, 0.3) is 0 Å². The van der Waals surface area contributed by atoms with E-state index in [-0.39, 0.29) is 16.2 Å². The van der Waals surface area contributed by atoms with Gasteiger partial charge in [0.2, 0.25) is 11.8 Å². The Morgan fingerprint density at radius 2 is 2.25 bits per heavy atom. The lowest BCUT2D eigenvalue weighted by Crippen LogP contribution is -2.15. The van der Waals surface area contributed by atoms with Gasteiger partial charge in [0.05, 0.1) is 4.47 Å². The lowest BCUT2D eigenvalue weighted by molar-refractivity contribution is -0.142. The summed E-state index contributed by atoms with van der Waals surface area (Å²) in [5.41, 5.74) is 0. The average Bonchev–Trinajstić information content (AvgIpc) is 2.16. The molecule has 6 heteroatoms. The molecular formula is C6H6BrNO4. The first-order valence-electron chi connectivity index (χ1n) is 3.00. The molecule has 5 nitrogen and oxygen atoms in total. The third-order valence-electron chi connectivity index (χ3n) is 1.09. The van der Waals surface area contributed by atoms with Crippen molar-refractivity contribution < 1.29 is 19.8 Å². The lowest BCUT2D eigenvalue weighted by atomic mass is 10.6. The molecule has 1 aromatic rings. The number of carbonyl (C=O) groups excluding carboxylic acids is 1. The van der Waals surface area contributed by atoms with Crippen molar-refractivity contribution in [1.82, 2.24) is 4.73 Å². The van der Waals surface area contributed by atoms with Crippen LogP contribution in [0.3, 0.4) is 0 Å². The van der Waals surface area contributed by atoms with Crippen LogP contribution in [-0.2, 0) is 4.79 Å². The Balaban J connectivity index is 3.05. The fraction of sp³-hybridized carbons (Fsp3) is 0.167. The molecule has 0 saturated heterocycles. The number of carbonyl (C=O) groups is 1. The molecule has 0 amide bonds. The van der Waals surface area contributed by atoms with E-state index in [0.717, 1.165) is 6.92 Å². The van der Waals surface area contributed by atoms with E-state index in [1.807, 2.05) is 0 Å². The molecule has 0 unspecified atom stereocenters. The van der Waals surface area contributed by atoms with Crippen LogP contribution in [-0.4, -0.2) is 20.9 Å². The van der Waals surface area contributed by atoms with E-state index in [9.17, 15) is 4.79 Å². The Labute approximate surface area is 76.3 Å². The molecule has 12 heavy (non-hydrogen) atoms. The highest BCUT2D eigenvalue weighted by atomic mass is 79.9. The second-order valence-electron chi connectivity index (χ2n) is 2.05. The van der Waals surface area contributed by atoms with Crippen LogP contribution in [0.4, 0.5) is 0 Å². The number of rotatable bonds is 1. The monoisotopic (exact) mass is 235 g/mol. The molecule has 0 radical (unpaired) electrons. The predicted molar refractivity (Wildman–Crippen MR) is 42.7 cm³/mol. The molecule has 1 rings (SSSR count). The Morgan fingerprint density at radius 1 is 1.67 bits per heavy atom. The SMILES string of the molecule is CC(=O)On1c(O)cc(Br)c1O. The molecule has 1 heterocycles. The molecule has 0 aliphatic carbocycles. The number of aromatic hydroxyl groups is 2. The summed E-state index contributed by atoms with van der Waals surface area (Å²) in [4.78, 5) is 14.9. The molecule has 0 bridgehead atoms. The van der Waals surface area contributed by atoms with Gasteiger partial charge in [0.15, 0.2) is 0 Å². The van der Waals surface area contributed by atoms with E-state index in [1.54, 1.807) is 0 Å². The second kappa shape index (κ2) is 3.06. The van der Waals surface area contributed by atoms with Crippen molar-refractivity contribution in [3.63, 3.8) is 0 Å². The average molecular weight is 236 g/mol. The quantitative estimate of drug-likeness (QED) is 0.750. The highest BCUT2D eigenvalue weighted by Crippen LogP contribution is 2.30. The van der Waals surface area contributed by atoms with Gasteiger partial charge in [-0.05, 0) is 15.9 Å². The molecule has 0 spiro atoms. The molecule has 2 N–H and O–H groups in total. The van der Waals surface area contributed by atoms with Gasteiger partial charge in [-0.25, -0.2) is 4.79 Å². The number of nitrogens with zero attached hydrogens (tertiary/aromatic N) is 1. The molecule has 1 aromatic heterocycles. The summed E-state index contributed by atoms with van der Waals surface area (Å²) >= 11 is 2.93. The minimum absolute atomic E-state index is 0.251. The smallest absolute Gasteiger partial charge is 0.330 e. The van der Waals surface area contributed by atoms with Crippen LogP contribution >= 0.6 is 15.9 Å². The third-order valence-corrected chi connectivity index (χ3v) is 1.67. The molecule has 0 aliphatic heterocycles. The van der Waals surface area contributed by atoms with Crippen molar-refractivity contribution in [3.05, 3.63) is 10.5 Å². The van der Waals surface area contributed by atoms with E-state index in [0.29, 0.717) is 4.73 Å². The molecule has 66 valence electrons. The zero-order valence-electron chi connectivity index (χ0n) is 6.11. The molecule has 0 saturated carbocycles. The zero-order valence-corrected chi connectivity index (χ0v) is 7.70. The predicted octanol–water partition coefficient (Wildman–Crippen LogP) is 0.637. The fourth-order valence-electron chi connectivity index (χ4n) is 0.661. The molecule has 0 aliphatic rings. The normalized spacial score (nSPS) is 9.83. The summed E-state index contributed by atoms with van der Waals surface area (Å²) in [5.74, 6) is -1.35. The molecular weight excluding hydrogens is 230 g/mol. The summed E-state index contributed by atoms with van der Waals surface area (Å²) in [6, 6.07) is 1.21. The highest BCUT2D eigenvalue weighted by molar-refractivity contribution is 9.10. The summed E-state index contributed by atoms with van der Waals surface area (Å²) in [6.45, 7) is 1.16. The first-order chi connectivity index (χ1) is 5.52. The van der Waals surface area contributed by atoms with Crippen molar-refractivity contribution in [2.45, 2.75) is 6.92 Å². The maximum absolute atomic E-state index is 10.4. The maximum Gasteiger partial charge on any atom is 0.330 e. The summed E-state index contributed by atoms with van der Waals surface area (Å²) in [7, 11) is 0. The van der Waals surface area contributed by atoms with Gasteiger partial charge >= 0.3 is 5.97 Å². The summed E-state index contributed by atoms with van der Waals surface area (Å²) in [5, 5.41) is 18.2. The fourth-order valence-corrected chi connectivity index (χ4v) is 1.03. The van der Waals surface area contributed by atoms with Gasteiger partial charge in [-0.3, -0.25) is 0 Å². The maximum atomic E-state index is 10.4. The molecule has 0 aromatic carbocycles. The van der Waals surface area contributed by atoms with E-state index < -0.39 is 5.97 Å². The van der Waals surface area contributed by atoms with Gasteiger partial charge in [-0.1, -0.05) is 0 Å². The van der Waals surface area contributed by atoms with Crippen LogP contribution in [0.1, 0.15) is 6.92 Å². The number of halogens is 1. The molecule has 0 fully saturated rings. The van der Waals surface area contributed by atoms with Crippen LogP contribution < -0.4 is 4.84 Å². The van der Waals surface area contributed by atoms with Crippen LogP contribution in [0, 0.1) is 0 Å². The van der Waals surface area contributed by atoms with E-state index in [2.05, 4.69) is 20.8 Å². The van der Waals surface area contributed by atoms with Gasteiger partial charge in [-0.2, -0.15) is 0 Å². The van der Waals surface area contributed by atoms with Gasteiger partial charge in [0.1, 0.15) is 0 Å². The van der Waals surface area contributed by atoms with Crippen LogP contribution in [0.2, 0.25) is 0 Å². The van der Waals surface area contributed by atoms with E-state index >= 15 is 0 Å². The lowest BCUT2D eigenvalue weighted by Gasteiger charge is -2.03. The minimum atomic E-state index is -0.635. The number of hydrogen-bond acceptors (Lipinski definition) is 4.